The number of carbonyl (C=O) groups is 1. The van der Waals surface area contributed by atoms with Crippen LogP contribution in [0.5, 0.6) is 0 Å². The molecule has 4 nitrogen and oxygen atoms in total. The number of piperidine rings is 1. The number of aromatic nitrogens is 1. The third-order valence-corrected chi connectivity index (χ3v) is 4.69. The van der Waals surface area contributed by atoms with Crippen LogP contribution in [0, 0.1) is 0 Å². The Kier molecular flexibility index (Phi) is 3.93. The number of rotatable bonds is 2. The molecule has 2 aliphatic rings. The Morgan fingerprint density at radius 3 is 2.74 bits per heavy atom. The van der Waals surface area contributed by atoms with Crippen LogP contribution in [0.4, 0.5) is 0 Å². The smallest absolute Gasteiger partial charge is 0.270 e. The van der Waals surface area contributed by atoms with Crippen LogP contribution in [0.15, 0.2) is 16.7 Å². The van der Waals surface area contributed by atoms with E-state index < -0.39 is 0 Å². The molecule has 0 spiro atoms. The van der Waals surface area contributed by atoms with Crippen molar-refractivity contribution in [1.29, 1.82) is 0 Å². The Morgan fingerprint density at radius 2 is 2.05 bits per heavy atom. The SMILES string of the molecule is O=C(c1cc(Br)c[nH]1)N1CCC(N2CCCCC2)C1. The molecule has 2 saturated heterocycles. The molecule has 1 aromatic rings. The van der Waals surface area contributed by atoms with Gasteiger partial charge in [-0.2, -0.15) is 0 Å². The van der Waals surface area contributed by atoms with E-state index in [9.17, 15) is 4.79 Å². The summed E-state index contributed by atoms with van der Waals surface area (Å²) in [4.78, 5) is 19.9. The summed E-state index contributed by atoms with van der Waals surface area (Å²) in [5.74, 6) is 0.130. The zero-order chi connectivity index (χ0) is 13.2. The highest BCUT2D eigenvalue weighted by Crippen LogP contribution is 2.22. The standard InChI is InChI=1S/C14H20BrN3O/c15-11-8-13(16-9-11)14(19)18-7-4-12(10-18)17-5-2-1-3-6-17/h8-9,12,16H,1-7,10H2. The largest absolute Gasteiger partial charge is 0.356 e. The number of aromatic amines is 1. The van der Waals surface area contributed by atoms with Crippen molar-refractivity contribution in [2.45, 2.75) is 31.7 Å². The fraction of sp³-hybridized carbons (Fsp3) is 0.643. The van der Waals surface area contributed by atoms with Crippen LogP contribution in [0.1, 0.15) is 36.2 Å². The van der Waals surface area contributed by atoms with Crippen molar-refractivity contribution in [3.05, 3.63) is 22.4 Å². The van der Waals surface area contributed by atoms with Crippen molar-refractivity contribution in [3.8, 4) is 0 Å². The minimum Gasteiger partial charge on any atom is -0.356 e. The number of carbonyl (C=O) groups excluding carboxylic acids is 1. The van der Waals surface area contributed by atoms with E-state index >= 15 is 0 Å². The van der Waals surface area contributed by atoms with Gasteiger partial charge in [0.15, 0.2) is 0 Å². The van der Waals surface area contributed by atoms with Crippen molar-refractivity contribution >= 4 is 21.8 Å². The van der Waals surface area contributed by atoms with E-state index in [-0.39, 0.29) is 5.91 Å². The van der Waals surface area contributed by atoms with Crippen LogP contribution >= 0.6 is 15.9 Å². The van der Waals surface area contributed by atoms with Gasteiger partial charge in [-0.3, -0.25) is 9.69 Å². The van der Waals surface area contributed by atoms with Crippen molar-refractivity contribution in [2.24, 2.45) is 0 Å². The molecule has 2 fully saturated rings. The second kappa shape index (κ2) is 5.67. The van der Waals surface area contributed by atoms with Gasteiger partial charge in [-0.15, -0.1) is 0 Å². The average molecular weight is 326 g/mol. The summed E-state index contributed by atoms with van der Waals surface area (Å²) in [5, 5.41) is 0. The van der Waals surface area contributed by atoms with Gasteiger partial charge in [0.2, 0.25) is 0 Å². The first-order valence-electron chi connectivity index (χ1n) is 7.11. The van der Waals surface area contributed by atoms with E-state index in [2.05, 4.69) is 25.8 Å². The average Bonchev–Trinajstić information content (AvgIpc) is 3.08. The van der Waals surface area contributed by atoms with Crippen LogP contribution in [0.2, 0.25) is 0 Å². The van der Waals surface area contributed by atoms with E-state index in [1.807, 2.05) is 17.2 Å². The van der Waals surface area contributed by atoms with Crippen molar-refractivity contribution in [3.63, 3.8) is 0 Å². The predicted octanol–water partition coefficient (Wildman–Crippen LogP) is 2.48. The fourth-order valence-corrected chi connectivity index (χ4v) is 3.51. The van der Waals surface area contributed by atoms with Crippen LogP contribution in [0.25, 0.3) is 0 Å². The molecule has 19 heavy (non-hydrogen) atoms. The van der Waals surface area contributed by atoms with Crippen molar-refractivity contribution < 1.29 is 4.79 Å². The molecule has 0 bridgehead atoms. The van der Waals surface area contributed by atoms with E-state index in [0.29, 0.717) is 11.7 Å². The van der Waals surface area contributed by atoms with Gasteiger partial charge in [-0.1, -0.05) is 6.42 Å². The predicted molar refractivity (Wildman–Crippen MR) is 78.2 cm³/mol. The number of H-pyrrole nitrogens is 1. The lowest BCUT2D eigenvalue weighted by Crippen LogP contribution is -2.41. The van der Waals surface area contributed by atoms with Crippen LogP contribution < -0.4 is 0 Å². The monoisotopic (exact) mass is 325 g/mol. The second-order valence-corrected chi connectivity index (χ2v) is 6.44. The molecule has 0 radical (unpaired) electrons. The second-order valence-electron chi connectivity index (χ2n) is 5.52. The van der Waals surface area contributed by atoms with Crippen LogP contribution in [0.3, 0.4) is 0 Å². The molecular formula is C14H20BrN3O. The lowest BCUT2D eigenvalue weighted by Gasteiger charge is -2.32. The molecule has 1 N–H and O–H groups in total. The van der Waals surface area contributed by atoms with Crippen LogP contribution in [-0.4, -0.2) is 52.9 Å². The minimum atomic E-state index is 0.130. The highest BCUT2D eigenvalue weighted by molar-refractivity contribution is 9.10. The molecular weight excluding hydrogens is 306 g/mol. The zero-order valence-electron chi connectivity index (χ0n) is 11.1. The number of hydrogen-bond donors (Lipinski definition) is 1. The molecule has 3 rings (SSSR count). The summed E-state index contributed by atoms with van der Waals surface area (Å²) < 4.78 is 0.933. The highest BCUT2D eigenvalue weighted by Gasteiger charge is 2.31. The van der Waals surface area contributed by atoms with E-state index in [4.69, 9.17) is 0 Å². The molecule has 1 unspecified atom stereocenters. The van der Waals surface area contributed by atoms with Gasteiger partial charge < -0.3 is 9.88 Å². The van der Waals surface area contributed by atoms with Gasteiger partial charge in [0.05, 0.1) is 0 Å². The summed E-state index contributed by atoms with van der Waals surface area (Å²) in [6.07, 6.45) is 6.92. The van der Waals surface area contributed by atoms with Gasteiger partial charge in [0.1, 0.15) is 5.69 Å². The normalized spacial score (nSPS) is 24.9. The van der Waals surface area contributed by atoms with E-state index in [1.165, 1.54) is 32.4 Å². The first-order chi connectivity index (χ1) is 9.24. The first-order valence-corrected chi connectivity index (χ1v) is 7.90. The van der Waals surface area contributed by atoms with Crippen molar-refractivity contribution in [2.75, 3.05) is 26.2 Å². The molecule has 0 aliphatic carbocycles. The third-order valence-electron chi connectivity index (χ3n) is 4.24. The summed E-state index contributed by atoms with van der Waals surface area (Å²) in [7, 11) is 0. The number of hydrogen-bond acceptors (Lipinski definition) is 2. The van der Waals surface area contributed by atoms with Gasteiger partial charge in [-0.25, -0.2) is 0 Å². The highest BCUT2D eigenvalue weighted by atomic mass is 79.9. The first kappa shape index (κ1) is 13.2. The molecule has 1 aromatic heterocycles. The minimum absolute atomic E-state index is 0.130. The van der Waals surface area contributed by atoms with Gasteiger partial charge in [0.25, 0.3) is 5.91 Å². The van der Waals surface area contributed by atoms with E-state index in [0.717, 1.165) is 24.0 Å². The topological polar surface area (TPSA) is 39.3 Å². The lowest BCUT2D eigenvalue weighted by atomic mass is 10.1. The van der Waals surface area contributed by atoms with Gasteiger partial charge in [-0.05, 0) is 54.3 Å². The molecule has 5 heteroatoms. The Hall–Kier alpha value is -0.810. The number of amides is 1. The summed E-state index contributed by atoms with van der Waals surface area (Å²) in [5.41, 5.74) is 0.686. The molecule has 1 amide bonds. The summed E-state index contributed by atoms with van der Waals surface area (Å²) in [6.45, 7) is 4.19. The fourth-order valence-electron chi connectivity index (χ4n) is 3.17. The van der Waals surface area contributed by atoms with Crippen molar-refractivity contribution in [1.82, 2.24) is 14.8 Å². The summed E-state index contributed by atoms with van der Waals surface area (Å²) in [6, 6.07) is 2.43. The Balaban J connectivity index is 1.60. The van der Waals surface area contributed by atoms with Gasteiger partial charge >= 0.3 is 0 Å². The maximum absolute atomic E-state index is 12.3. The third kappa shape index (κ3) is 2.87. The number of halogens is 1. The molecule has 0 saturated carbocycles. The number of likely N-dealkylation sites (tertiary alicyclic amines) is 2. The Labute approximate surface area is 122 Å². The van der Waals surface area contributed by atoms with Crippen LogP contribution in [-0.2, 0) is 0 Å². The van der Waals surface area contributed by atoms with Gasteiger partial charge in [0, 0.05) is 29.8 Å². The maximum atomic E-state index is 12.3. The molecule has 3 heterocycles. The lowest BCUT2D eigenvalue weighted by molar-refractivity contribution is 0.0766. The number of nitrogens with zero attached hydrogens (tertiary/aromatic N) is 2. The van der Waals surface area contributed by atoms with E-state index in [1.54, 1.807) is 0 Å². The molecule has 1 atom stereocenters. The maximum Gasteiger partial charge on any atom is 0.270 e. The summed E-state index contributed by atoms with van der Waals surface area (Å²) >= 11 is 3.37. The quantitative estimate of drug-likeness (QED) is 0.907. The molecule has 104 valence electrons. The molecule has 0 aromatic carbocycles. The number of nitrogens with one attached hydrogen (secondary N) is 1. The Morgan fingerprint density at radius 1 is 1.26 bits per heavy atom. The zero-order valence-corrected chi connectivity index (χ0v) is 12.7. The molecule has 2 aliphatic heterocycles. The Bertz CT molecular complexity index is 453.